The lowest BCUT2D eigenvalue weighted by atomic mass is 10.1. The molecule has 0 saturated carbocycles. The molecule has 0 unspecified atom stereocenters. The van der Waals surface area contributed by atoms with Gasteiger partial charge in [0.05, 0.1) is 15.8 Å². The van der Waals surface area contributed by atoms with E-state index in [2.05, 4.69) is 29.0 Å². The first-order chi connectivity index (χ1) is 15.1. The van der Waals surface area contributed by atoms with Gasteiger partial charge < -0.3 is 5.32 Å². The van der Waals surface area contributed by atoms with Gasteiger partial charge in [-0.2, -0.15) is 5.10 Å². The Morgan fingerprint density at radius 3 is 2.47 bits per heavy atom. The maximum atomic E-state index is 13.1. The van der Waals surface area contributed by atoms with Crippen molar-refractivity contribution < 1.29 is 13.2 Å². The van der Waals surface area contributed by atoms with Crippen molar-refractivity contribution in [1.29, 1.82) is 0 Å². The standard InChI is InChI=1S/C23H25N5O3S/c1-14(2)13-28-23-20(12-17-6-5-15(3)11-21(17)25-23)22(26-28)27-32(30,31)19-9-7-18(8-10-19)24-16(4)29/h5-12,14H,13H2,1-4H3,(H,24,29)(H,26,27). The number of anilines is 2. The number of nitrogens with zero attached hydrogens (tertiary/aromatic N) is 3. The van der Waals surface area contributed by atoms with E-state index in [0.29, 0.717) is 29.2 Å². The normalized spacial score (nSPS) is 11.9. The number of fused-ring (bicyclic) bond motifs is 2. The van der Waals surface area contributed by atoms with Crippen LogP contribution in [0.5, 0.6) is 0 Å². The monoisotopic (exact) mass is 451 g/mol. The van der Waals surface area contributed by atoms with Crippen LogP contribution in [-0.4, -0.2) is 29.1 Å². The van der Waals surface area contributed by atoms with Crippen molar-refractivity contribution in [2.75, 3.05) is 10.0 Å². The maximum absolute atomic E-state index is 13.1. The number of sulfonamides is 1. The molecule has 2 N–H and O–H groups in total. The van der Waals surface area contributed by atoms with Crippen molar-refractivity contribution >= 4 is 49.4 Å². The summed E-state index contributed by atoms with van der Waals surface area (Å²) in [6.07, 6.45) is 0. The molecule has 0 aliphatic heterocycles. The largest absolute Gasteiger partial charge is 0.326 e. The zero-order valence-corrected chi connectivity index (χ0v) is 19.2. The number of benzene rings is 2. The lowest BCUT2D eigenvalue weighted by molar-refractivity contribution is -0.114. The first-order valence-corrected chi connectivity index (χ1v) is 11.8. The van der Waals surface area contributed by atoms with Gasteiger partial charge in [0.2, 0.25) is 5.91 Å². The van der Waals surface area contributed by atoms with Gasteiger partial charge in [-0.1, -0.05) is 26.0 Å². The number of carbonyl (C=O) groups is 1. The highest BCUT2D eigenvalue weighted by atomic mass is 32.2. The van der Waals surface area contributed by atoms with Crippen LogP contribution in [0.15, 0.2) is 53.4 Å². The molecule has 9 heteroatoms. The molecule has 2 aromatic heterocycles. The Labute approximate surface area is 186 Å². The summed E-state index contributed by atoms with van der Waals surface area (Å²) >= 11 is 0. The Morgan fingerprint density at radius 2 is 1.81 bits per heavy atom. The molecular formula is C23H25N5O3S. The number of pyridine rings is 1. The molecule has 0 fully saturated rings. The molecule has 0 aliphatic carbocycles. The van der Waals surface area contributed by atoms with Crippen LogP contribution in [0.2, 0.25) is 0 Å². The van der Waals surface area contributed by atoms with E-state index in [9.17, 15) is 13.2 Å². The molecule has 0 spiro atoms. The predicted octanol–water partition coefficient (Wildman–Crippen LogP) is 4.31. The van der Waals surface area contributed by atoms with Gasteiger partial charge in [-0.15, -0.1) is 0 Å². The first-order valence-electron chi connectivity index (χ1n) is 10.3. The summed E-state index contributed by atoms with van der Waals surface area (Å²) in [6.45, 7) is 8.14. The summed E-state index contributed by atoms with van der Waals surface area (Å²) in [4.78, 5) is 16.0. The van der Waals surface area contributed by atoms with Gasteiger partial charge in [0.15, 0.2) is 11.5 Å². The molecule has 4 aromatic rings. The third-order valence-corrected chi connectivity index (χ3v) is 6.28. The van der Waals surface area contributed by atoms with Crippen molar-refractivity contribution in [2.45, 2.75) is 39.1 Å². The van der Waals surface area contributed by atoms with Gasteiger partial charge in [0.25, 0.3) is 10.0 Å². The summed E-state index contributed by atoms with van der Waals surface area (Å²) in [5.74, 6) is 0.316. The Kier molecular flexibility index (Phi) is 5.60. The SMILES string of the molecule is CC(=O)Nc1ccc(S(=O)(=O)Nc2nn(CC(C)C)c3nc4cc(C)ccc4cc23)cc1. The van der Waals surface area contributed by atoms with Gasteiger partial charge in [-0.3, -0.25) is 9.52 Å². The highest BCUT2D eigenvalue weighted by Crippen LogP contribution is 2.29. The van der Waals surface area contributed by atoms with Crippen molar-refractivity contribution in [3.05, 3.63) is 54.1 Å². The fraction of sp³-hybridized carbons (Fsp3) is 0.261. The fourth-order valence-corrected chi connectivity index (χ4v) is 4.53. The molecule has 0 aliphatic rings. The van der Waals surface area contributed by atoms with Crippen LogP contribution in [0.1, 0.15) is 26.3 Å². The van der Waals surface area contributed by atoms with Gasteiger partial charge in [-0.25, -0.2) is 18.1 Å². The number of rotatable bonds is 6. The molecular weight excluding hydrogens is 426 g/mol. The summed E-state index contributed by atoms with van der Waals surface area (Å²) in [7, 11) is -3.89. The second-order valence-electron chi connectivity index (χ2n) is 8.29. The molecule has 32 heavy (non-hydrogen) atoms. The summed E-state index contributed by atoms with van der Waals surface area (Å²) in [6, 6.07) is 13.9. The topological polar surface area (TPSA) is 106 Å². The molecule has 166 valence electrons. The highest BCUT2D eigenvalue weighted by molar-refractivity contribution is 7.92. The molecule has 1 amide bonds. The van der Waals surface area contributed by atoms with Gasteiger partial charge in [0.1, 0.15) is 0 Å². The maximum Gasteiger partial charge on any atom is 0.263 e. The molecule has 4 rings (SSSR count). The van der Waals surface area contributed by atoms with Gasteiger partial charge >= 0.3 is 0 Å². The molecule has 0 atom stereocenters. The van der Waals surface area contributed by atoms with Crippen LogP contribution >= 0.6 is 0 Å². The Hall–Kier alpha value is -3.46. The molecule has 0 radical (unpaired) electrons. The lowest BCUT2D eigenvalue weighted by Crippen LogP contribution is -2.14. The molecule has 0 bridgehead atoms. The molecule has 8 nitrogen and oxygen atoms in total. The van der Waals surface area contributed by atoms with Crippen LogP contribution in [0.25, 0.3) is 21.9 Å². The van der Waals surface area contributed by atoms with E-state index in [-0.39, 0.29) is 16.6 Å². The molecule has 2 aromatic carbocycles. The second-order valence-corrected chi connectivity index (χ2v) is 9.97. The van der Waals surface area contributed by atoms with E-state index in [4.69, 9.17) is 4.98 Å². The first kappa shape index (κ1) is 21.8. The zero-order valence-electron chi connectivity index (χ0n) is 18.4. The molecule has 2 heterocycles. The summed E-state index contributed by atoms with van der Waals surface area (Å²) in [5, 5.41) is 8.72. The van der Waals surface area contributed by atoms with Crippen LogP contribution < -0.4 is 10.0 Å². The zero-order chi connectivity index (χ0) is 23.0. The number of aryl methyl sites for hydroxylation is 1. The second kappa shape index (κ2) is 8.23. The van der Waals surface area contributed by atoms with Crippen molar-refractivity contribution in [3.8, 4) is 0 Å². The minimum Gasteiger partial charge on any atom is -0.326 e. The smallest absolute Gasteiger partial charge is 0.263 e. The van der Waals surface area contributed by atoms with Crippen molar-refractivity contribution in [1.82, 2.24) is 14.8 Å². The Bertz CT molecular complexity index is 1420. The van der Waals surface area contributed by atoms with Crippen LogP contribution in [-0.2, 0) is 21.4 Å². The number of aromatic nitrogens is 3. The molecule has 0 saturated heterocycles. The van der Waals surface area contributed by atoms with Crippen LogP contribution in [0, 0.1) is 12.8 Å². The Balaban J connectivity index is 1.77. The van der Waals surface area contributed by atoms with Crippen molar-refractivity contribution in [3.63, 3.8) is 0 Å². The number of carbonyl (C=O) groups excluding carboxylic acids is 1. The third-order valence-electron chi connectivity index (χ3n) is 4.93. The highest BCUT2D eigenvalue weighted by Gasteiger charge is 2.21. The van der Waals surface area contributed by atoms with E-state index in [0.717, 1.165) is 16.5 Å². The number of nitrogens with one attached hydrogen (secondary N) is 2. The predicted molar refractivity (Wildman–Crippen MR) is 126 cm³/mol. The Morgan fingerprint density at radius 1 is 1.09 bits per heavy atom. The summed E-state index contributed by atoms with van der Waals surface area (Å²) in [5.41, 5.74) is 3.10. The van der Waals surface area contributed by atoms with E-state index < -0.39 is 10.0 Å². The van der Waals surface area contributed by atoms with Crippen LogP contribution in [0.3, 0.4) is 0 Å². The van der Waals surface area contributed by atoms with Gasteiger partial charge in [-0.05, 0) is 54.8 Å². The van der Waals surface area contributed by atoms with E-state index in [1.54, 1.807) is 16.8 Å². The van der Waals surface area contributed by atoms with E-state index in [1.165, 1.54) is 19.1 Å². The van der Waals surface area contributed by atoms with Crippen LogP contribution in [0.4, 0.5) is 11.5 Å². The van der Waals surface area contributed by atoms with Crippen molar-refractivity contribution in [2.24, 2.45) is 5.92 Å². The lowest BCUT2D eigenvalue weighted by Gasteiger charge is -2.08. The summed E-state index contributed by atoms with van der Waals surface area (Å²) < 4.78 is 30.5. The van der Waals surface area contributed by atoms with E-state index in [1.807, 2.05) is 31.2 Å². The quantitative estimate of drug-likeness (QED) is 0.454. The number of hydrogen-bond donors (Lipinski definition) is 2. The van der Waals surface area contributed by atoms with E-state index >= 15 is 0 Å². The third kappa shape index (κ3) is 4.43. The number of amides is 1. The minimum atomic E-state index is -3.89. The fourth-order valence-electron chi connectivity index (χ4n) is 3.52. The minimum absolute atomic E-state index is 0.0718. The van der Waals surface area contributed by atoms with Gasteiger partial charge in [0, 0.05) is 24.5 Å². The average molecular weight is 452 g/mol. The average Bonchev–Trinajstić information content (AvgIpc) is 3.01. The number of hydrogen-bond acceptors (Lipinski definition) is 5.